The molecule has 2 heterocycles. The third-order valence-electron chi connectivity index (χ3n) is 3.74. The molecule has 98 valence electrons. The maximum absolute atomic E-state index is 11.5. The van der Waals surface area contributed by atoms with Crippen LogP contribution in [0.4, 0.5) is 11.4 Å². The molecule has 0 saturated carbocycles. The molecule has 0 unspecified atom stereocenters. The van der Waals surface area contributed by atoms with Crippen LogP contribution in [-0.4, -0.2) is 39.6 Å². The summed E-state index contributed by atoms with van der Waals surface area (Å²) in [5.74, 6) is 0.549. The highest BCUT2D eigenvalue weighted by molar-refractivity contribution is 7.91. The van der Waals surface area contributed by atoms with E-state index in [1.807, 2.05) is 0 Å². The second-order valence-electron chi connectivity index (χ2n) is 4.98. The molecule has 1 saturated heterocycles. The summed E-state index contributed by atoms with van der Waals surface area (Å²) in [5.41, 5.74) is 3.73. The molecule has 0 radical (unpaired) electrons. The van der Waals surface area contributed by atoms with Crippen LogP contribution in [0.15, 0.2) is 18.2 Å². The molecule has 0 atom stereocenters. The van der Waals surface area contributed by atoms with E-state index in [1.54, 1.807) is 0 Å². The first-order valence-electron chi connectivity index (χ1n) is 6.47. The maximum Gasteiger partial charge on any atom is 0.153 e. The first kappa shape index (κ1) is 11.8. The molecule has 0 aromatic heterocycles. The van der Waals surface area contributed by atoms with Gasteiger partial charge in [0, 0.05) is 19.6 Å². The van der Waals surface area contributed by atoms with E-state index in [-0.39, 0.29) is 11.5 Å². The van der Waals surface area contributed by atoms with Crippen LogP contribution in [0.1, 0.15) is 12.0 Å². The predicted molar refractivity (Wildman–Crippen MR) is 74.1 cm³/mol. The topological polar surface area (TPSA) is 49.4 Å². The van der Waals surface area contributed by atoms with Gasteiger partial charge in [-0.25, -0.2) is 8.42 Å². The van der Waals surface area contributed by atoms with E-state index >= 15 is 0 Å². The van der Waals surface area contributed by atoms with Crippen molar-refractivity contribution in [3.63, 3.8) is 0 Å². The third kappa shape index (κ3) is 2.19. The van der Waals surface area contributed by atoms with Crippen LogP contribution in [0, 0.1) is 0 Å². The number of rotatable bonds is 1. The lowest BCUT2D eigenvalue weighted by Crippen LogP contribution is -2.40. The van der Waals surface area contributed by atoms with Crippen LogP contribution in [0.3, 0.4) is 0 Å². The second kappa shape index (κ2) is 4.46. The number of hydrogen-bond donors (Lipinski definition) is 1. The van der Waals surface area contributed by atoms with Gasteiger partial charge in [-0.15, -0.1) is 0 Å². The van der Waals surface area contributed by atoms with Crippen molar-refractivity contribution in [2.75, 3.05) is 41.4 Å². The molecule has 5 heteroatoms. The smallest absolute Gasteiger partial charge is 0.153 e. The van der Waals surface area contributed by atoms with E-state index in [4.69, 9.17) is 0 Å². The Morgan fingerprint density at radius 2 is 1.94 bits per heavy atom. The van der Waals surface area contributed by atoms with Crippen LogP contribution in [0.2, 0.25) is 0 Å². The molecule has 1 fully saturated rings. The van der Waals surface area contributed by atoms with E-state index in [1.165, 1.54) is 23.4 Å². The van der Waals surface area contributed by atoms with Gasteiger partial charge in [-0.1, -0.05) is 12.1 Å². The van der Waals surface area contributed by atoms with Gasteiger partial charge >= 0.3 is 0 Å². The number of hydrogen-bond acceptors (Lipinski definition) is 4. The van der Waals surface area contributed by atoms with Crippen molar-refractivity contribution < 1.29 is 8.42 Å². The Morgan fingerprint density at radius 3 is 2.72 bits per heavy atom. The van der Waals surface area contributed by atoms with Crippen molar-refractivity contribution in [3.8, 4) is 0 Å². The Hall–Kier alpha value is -1.23. The fourth-order valence-corrected chi connectivity index (χ4v) is 3.91. The van der Waals surface area contributed by atoms with Gasteiger partial charge in [0.1, 0.15) is 0 Å². The Labute approximate surface area is 108 Å². The highest BCUT2D eigenvalue weighted by atomic mass is 32.2. The lowest BCUT2D eigenvalue weighted by molar-refractivity contribution is 0.587. The van der Waals surface area contributed by atoms with Crippen molar-refractivity contribution in [2.45, 2.75) is 12.8 Å². The van der Waals surface area contributed by atoms with Crippen LogP contribution in [-0.2, 0) is 16.3 Å². The number of benzene rings is 1. The molecule has 3 rings (SSSR count). The average Bonchev–Trinajstić information content (AvgIpc) is 2.38. The molecule has 0 bridgehead atoms. The van der Waals surface area contributed by atoms with Crippen molar-refractivity contribution in [3.05, 3.63) is 23.8 Å². The van der Waals surface area contributed by atoms with Gasteiger partial charge in [0.05, 0.1) is 22.9 Å². The number of para-hydroxylation sites is 1. The molecule has 2 aliphatic heterocycles. The molecule has 0 spiro atoms. The van der Waals surface area contributed by atoms with Gasteiger partial charge in [0.25, 0.3) is 0 Å². The molecular weight excluding hydrogens is 248 g/mol. The summed E-state index contributed by atoms with van der Waals surface area (Å²) in [6.07, 6.45) is 2.28. The minimum absolute atomic E-state index is 0.274. The molecule has 4 nitrogen and oxygen atoms in total. The fraction of sp³-hybridized carbons (Fsp3) is 0.538. The van der Waals surface area contributed by atoms with Gasteiger partial charge in [-0.2, -0.15) is 0 Å². The SMILES string of the molecule is O=S1(=O)CCN(c2cccc3c2NCCC3)CC1. The van der Waals surface area contributed by atoms with Gasteiger partial charge in [0.15, 0.2) is 9.84 Å². The number of fused-ring (bicyclic) bond motifs is 1. The van der Waals surface area contributed by atoms with Crippen LogP contribution < -0.4 is 10.2 Å². The van der Waals surface area contributed by atoms with Gasteiger partial charge in [0.2, 0.25) is 0 Å². The molecule has 2 aliphatic rings. The van der Waals surface area contributed by atoms with Crippen molar-refractivity contribution in [2.24, 2.45) is 0 Å². The normalized spacial score (nSPS) is 22.1. The molecule has 0 amide bonds. The fourth-order valence-electron chi connectivity index (χ4n) is 2.71. The number of nitrogens with zero attached hydrogens (tertiary/aromatic N) is 1. The Kier molecular flexibility index (Phi) is 2.93. The number of sulfone groups is 1. The highest BCUT2D eigenvalue weighted by Gasteiger charge is 2.24. The summed E-state index contributed by atoms with van der Waals surface area (Å²) < 4.78 is 22.9. The predicted octanol–water partition coefficient (Wildman–Crippen LogP) is 1.28. The highest BCUT2D eigenvalue weighted by Crippen LogP contribution is 2.33. The molecule has 0 aliphatic carbocycles. The average molecular weight is 266 g/mol. The largest absolute Gasteiger partial charge is 0.383 e. The van der Waals surface area contributed by atoms with E-state index in [9.17, 15) is 8.42 Å². The number of anilines is 2. The van der Waals surface area contributed by atoms with Crippen molar-refractivity contribution in [1.82, 2.24) is 0 Å². The first-order valence-corrected chi connectivity index (χ1v) is 8.29. The number of aryl methyl sites for hydroxylation is 1. The first-order chi connectivity index (χ1) is 8.66. The van der Waals surface area contributed by atoms with Crippen LogP contribution >= 0.6 is 0 Å². The summed E-state index contributed by atoms with van der Waals surface area (Å²) in [7, 11) is -2.81. The number of nitrogens with one attached hydrogen (secondary N) is 1. The summed E-state index contributed by atoms with van der Waals surface area (Å²) in [5, 5.41) is 3.46. The lowest BCUT2D eigenvalue weighted by atomic mass is 10.0. The standard InChI is InChI=1S/C13H18N2O2S/c16-18(17)9-7-15(8-10-18)12-5-1-3-11-4-2-6-14-13(11)12/h1,3,5,14H,2,4,6-10H2. The zero-order valence-corrected chi connectivity index (χ0v) is 11.2. The van der Waals surface area contributed by atoms with Gasteiger partial charge in [-0.3, -0.25) is 0 Å². The molecule has 1 aromatic carbocycles. The van der Waals surface area contributed by atoms with Crippen molar-refractivity contribution in [1.29, 1.82) is 0 Å². The zero-order valence-electron chi connectivity index (χ0n) is 10.4. The summed E-state index contributed by atoms with van der Waals surface area (Å²) in [6.45, 7) is 2.23. The lowest BCUT2D eigenvalue weighted by Gasteiger charge is -2.32. The van der Waals surface area contributed by atoms with Gasteiger partial charge in [-0.05, 0) is 24.5 Å². The zero-order chi connectivity index (χ0) is 12.6. The van der Waals surface area contributed by atoms with Crippen molar-refractivity contribution >= 4 is 21.2 Å². The second-order valence-corrected chi connectivity index (χ2v) is 7.28. The Balaban J connectivity index is 1.89. The third-order valence-corrected chi connectivity index (χ3v) is 5.35. The Bertz CT molecular complexity index is 540. The molecular formula is C13H18N2O2S. The summed E-state index contributed by atoms with van der Waals surface area (Å²) in [6, 6.07) is 6.32. The molecule has 18 heavy (non-hydrogen) atoms. The summed E-state index contributed by atoms with van der Waals surface area (Å²) in [4.78, 5) is 2.19. The maximum atomic E-state index is 11.5. The summed E-state index contributed by atoms with van der Waals surface area (Å²) >= 11 is 0. The van der Waals surface area contributed by atoms with E-state index in [0.717, 1.165) is 13.0 Å². The minimum Gasteiger partial charge on any atom is -0.383 e. The quantitative estimate of drug-likeness (QED) is 0.832. The monoisotopic (exact) mass is 266 g/mol. The van der Waals surface area contributed by atoms with Gasteiger partial charge < -0.3 is 10.2 Å². The minimum atomic E-state index is -2.81. The Morgan fingerprint density at radius 1 is 1.17 bits per heavy atom. The van der Waals surface area contributed by atoms with E-state index < -0.39 is 9.84 Å². The van der Waals surface area contributed by atoms with E-state index in [2.05, 4.69) is 28.4 Å². The van der Waals surface area contributed by atoms with E-state index in [0.29, 0.717) is 13.1 Å². The van der Waals surface area contributed by atoms with Crippen LogP contribution in [0.5, 0.6) is 0 Å². The molecule has 1 aromatic rings. The molecule has 1 N–H and O–H groups in total. The van der Waals surface area contributed by atoms with Crippen LogP contribution in [0.25, 0.3) is 0 Å².